The van der Waals surface area contributed by atoms with Crippen LogP contribution in [0.15, 0.2) is 12.1 Å². The molecule has 0 unspecified atom stereocenters. The van der Waals surface area contributed by atoms with E-state index in [2.05, 4.69) is 30.7 Å². The van der Waals surface area contributed by atoms with E-state index in [1.807, 2.05) is 20.8 Å². The molecule has 2 aromatic rings. The molecule has 0 spiro atoms. The van der Waals surface area contributed by atoms with Crippen molar-refractivity contribution in [2.45, 2.75) is 26.2 Å². The summed E-state index contributed by atoms with van der Waals surface area (Å²) in [5.41, 5.74) is -0.203. The lowest BCUT2D eigenvalue weighted by Crippen LogP contribution is -2.16. The van der Waals surface area contributed by atoms with Crippen LogP contribution in [0.2, 0.25) is 5.15 Å². The van der Waals surface area contributed by atoms with Crippen molar-refractivity contribution in [2.24, 2.45) is 0 Å². The van der Waals surface area contributed by atoms with Gasteiger partial charge in [-0.05, 0) is 12.1 Å². The molecule has 0 aliphatic carbocycles. The van der Waals surface area contributed by atoms with E-state index in [9.17, 15) is 4.79 Å². The molecule has 0 fully saturated rings. The smallest absolute Gasteiger partial charge is 0.296 e. The summed E-state index contributed by atoms with van der Waals surface area (Å²) in [5.74, 6) is 0.529. The van der Waals surface area contributed by atoms with Crippen molar-refractivity contribution < 1.29 is 4.79 Å². The Kier molecular flexibility index (Phi) is 3.48. The third-order valence-electron chi connectivity index (χ3n) is 2.27. The largest absolute Gasteiger partial charge is 0.302 e. The Morgan fingerprint density at radius 1 is 1.32 bits per heavy atom. The number of carbonyl (C=O) groups is 1. The summed E-state index contributed by atoms with van der Waals surface area (Å²) in [7, 11) is 0. The topological polar surface area (TPSA) is 96.5 Å². The molecular weight excluding hydrogens is 268 g/mol. The Balaban J connectivity index is 2.12. The lowest BCUT2D eigenvalue weighted by atomic mass is 9.96. The van der Waals surface area contributed by atoms with Gasteiger partial charge in [0.25, 0.3) is 5.91 Å². The minimum atomic E-state index is -0.455. The number of aromatic amines is 1. The first-order chi connectivity index (χ1) is 8.86. The Hall–Kier alpha value is -2.02. The van der Waals surface area contributed by atoms with E-state index < -0.39 is 5.91 Å². The Labute approximate surface area is 114 Å². The third-order valence-corrected chi connectivity index (χ3v) is 2.47. The van der Waals surface area contributed by atoms with E-state index in [1.54, 1.807) is 6.07 Å². The van der Waals surface area contributed by atoms with Gasteiger partial charge in [0.15, 0.2) is 11.0 Å². The normalized spacial score (nSPS) is 11.4. The highest BCUT2D eigenvalue weighted by Gasteiger charge is 2.21. The zero-order valence-corrected chi connectivity index (χ0v) is 11.5. The first-order valence-electron chi connectivity index (χ1n) is 5.60. The average molecular weight is 281 g/mol. The first kappa shape index (κ1) is 13.4. The van der Waals surface area contributed by atoms with Crippen LogP contribution in [0, 0.1) is 0 Å². The molecule has 1 amide bonds. The minimum absolute atomic E-state index is 0.0571. The predicted octanol–water partition coefficient (Wildman–Crippen LogP) is 1.80. The Morgan fingerprint density at radius 3 is 2.58 bits per heavy atom. The van der Waals surface area contributed by atoms with Crippen LogP contribution >= 0.6 is 11.6 Å². The molecular formula is C11H13ClN6O. The Bertz CT molecular complexity index is 586. The number of rotatable bonds is 2. The average Bonchev–Trinajstić information content (AvgIpc) is 2.81. The maximum atomic E-state index is 11.9. The number of nitrogens with one attached hydrogen (secondary N) is 2. The van der Waals surface area contributed by atoms with Crippen LogP contribution < -0.4 is 5.32 Å². The molecule has 100 valence electrons. The second kappa shape index (κ2) is 4.93. The molecule has 0 atom stereocenters. The standard InChI is InChI=1S/C11H13ClN6O/c1-11(2,3)10-14-8(17-18-10)9(19)13-7-5-4-6(12)15-16-7/h4-5H,1-3H3,(H,13,16,19)(H,14,17,18). The zero-order chi connectivity index (χ0) is 14.0. The van der Waals surface area contributed by atoms with E-state index in [1.165, 1.54) is 6.07 Å². The second-order valence-electron chi connectivity index (χ2n) is 4.95. The highest BCUT2D eigenvalue weighted by molar-refractivity contribution is 6.29. The van der Waals surface area contributed by atoms with Gasteiger partial charge in [-0.3, -0.25) is 9.89 Å². The van der Waals surface area contributed by atoms with Gasteiger partial charge in [-0.25, -0.2) is 4.98 Å². The number of amides is 1. The number of carbonyl (C=O) groups excluding carboxylic acids is 1. The third kappa shape index (κ3) is 3.25. The first-order valence-corrected chi connectivity index (χ1v) is 5.97. The maximum absolute atomic E-state index is 11.9. The summed E-state index contributed by atoms with van der Waals surface area (Å²) in [5, 5.41) is 16.7. The highest BCUT2D eigenvalue weighted by atomic mass is 35.5. The molecule has 2 rings (SSSR count). The van der Waals surface area contributed by atoms with Crippen molar-refractivity contribution in [3.63, 3.8) is 0 Å². The molecule has 0 saturated carbocycles. The second-order valence-corrected chi connectivity index (χ2v) is 5.34. The highest BCUT2D eigenvalue weighted by Crippen LogP contribution is 2.17. The quantitative estimate of drug-likeness (QED) is 0.874. The fourth-order valence-electron chi connectivity index (χ4n) is 1.25. The van der Waals surface area contributed by atoms with Crippen LogP contribution in [0.25, 0.3) is 0 Å². The molecule has 0 aliphatic heterocycles. The molecule has 0 aliphatic rings. The van der Waals surface area contributed by atoms with E-state index in [4.69, 9.17) is 11.6 Å². The van der Waals surface area contributed by atoms with E-state index in [-0.39, 0.29) is 22.2 Å². The van der Waals surface area contributed by atoms with Crippen molar-refractivity contribution in [2.75, 3.05) is 5.32 Å². The molecule has 8 heteroatoms. The summed E-state index contributed by atoms with van der Waals surface area (Å²) in [6.07, 6.45) is 0. The number of hydrogen-bond donors (Lipinski definition) is 2. The van der Waals surface area contributed by atoms with Gasteiger partial charge in [-0.15, -0.1) is 15.3 Å². The lowest BCUT2D eigenvalue weighted by Gasteiger charge is -2.12. The zero-order valence-electron chi connectivity index (χ0n) is 10.7. The molecule has 0 aromatic carbocycles. The fourth-order valence-corrected chi connectivity index (χ4v) is 1.35. The molecule has 2 heterocycles. The number of halogens is 1. The van der Waals surface area contributed by atoms with Crippen LogP contribution in [-0.4, -0.2) is 31.3 Å². The van der Waals surface area contributed by atoms with E-state index in [0.29, 0.717) is 5.82 Å². The molecule has 0 bridgehead atoms. The van der Waals surface area contributed by atoms with Crippen LogP contribution in [0.4, 0.5) is 5.82 Å². The van der Waals surface area contributed by atoms with Crippen molar-refractivity contribution in [3.05, 3.63) is 28.9 Å². The summed E-state index contributed by atoms with van der Waals surface area (Å²) in [4.78, 5) is 16.0. The van der Waals surface area contributed by atoms with Gasteiger partial charge in [-0.1, -0.05) is 32.4 Å². The fraction of sp³-hybridized carbons (Fsp3) is 0.364. The number of H-pyrrole nitrogens is 1. The summed E-state index contributed by atoms with van der Waals surface area (Å²) >= 11 is 5.60. The van der Waals surface area contributed by atoms with Crippen LogP contribution in [0.5, 0.6) is 0 Å². The summed E-state index contributed by atoms with van der Waals surface area (Å²) in [6, 6.07) is 3.08. The summed E-state index contributed by atoms with van der Waals surface area (Å²) < 4.78 is 0. The van der Waals surface area contributed by atoms with Gasteiger partial charge < -0.3 is 5.32 Å². The van der Waals surface area contributed by atoms with Gasteiger partial charge >= 0.3 is 0 Å². The van der Waals surface area contributed by atoms with Crippen molar-refractivity contribution in [1.82, 2.24) is 25.4 Å². The number of aromatic nitrogens is 5. The molecule has 2 N–H and O–H groups in total. The molecule has 19 heavy (non-hydrogen) atoms. The van der Waals surface area contributed by atoms with Gasteiger partial charge in [-0.2, -0.15) is 0 Å². The molecule has 0 saturated heterocycles. The molecule has 7 nitrogen and oxygen atoms in total. The maximum Gasteiger partial charge on any atom is 0.296 e. The molecule has 0 radical (unpaired) electrons. The monoisotopic (exact) mass is 280 g/mol. The lowest BCUT2D eigenvalue weighted by molar-refractivity contribution is 0.101. The van der Waals surface area contributed by atoms with Gasteiger partial charge in [0.1, 0.15) is 5.82 Å². The van der Waals surface area contributed by atoms with E-state index >= 15 is 0 Å². The van der Waals surface area contributed by atoms with Crippen LogP contribution in [0.1, 0.15) is 37.2 Å². The number of anilines is 1. The van der Waals surface area contributed by atoms with Crippen molar-refractivity contribution >= 4 is 23.3 Å². The van der Waals surface area contributed by atoms with Gasteiger partial charge in [0, 0.05) is 5.41 Å². The van der Waals surface area contributed by atoms with Gasteiger partial charge in [0.05, 0.1) is 0 Å². The van der Waals surface area contributed by atoms with Crippen LogP contribution in [0.3, 0.4) is 0 Å². The van der Waals surface area contributed by atoms with Gasteiger partial charge in [0.2, 0.25) is 5.82 Å². The Morgan fingerprint density at radius 2 is 2.05 bits per heavy atom. The minimum Gasteiger partial charge on any atom is -0.302 e. The molecule has 2 aromatic heterocycles. The van der Waals surface area contributed by atoms with Crippen molar-refractivity contribution in [3.8, 4) is 0 Å². The van der Waals surface area contributed by atoms with Crippen LogP contribution in [-0.2, 0) is 5.41 Å². The number of hydrogen-bond acceptors (Lipinski definition) is 5. The SMILES string of the molecule is CC(C)(C)c1nc(C(=O)Nc2ccc(Cl)nn2)n[nH]1. The predicted molar refractivity (Wildman–Crippen MR) is 70.1 cm³/mol. The summed E-state index contributed by atoms with van der Waals surface area (Å²) in [6.45, 7) is 5.92. The number of nitrogens with zero attached hydrogens (tertiary/aromatic N) is 4. The van der Waals surface area contributed by atoms with Crippen molar-refractivity contribution in [1.29, 1.82) is 0 Å². The van der Waals surface area contributed by atoms with E-state index in [0.717, 1.165) is 0 Å².